The normalized spacial score (nSPS) is 12.7. The molecule has 0 spiro atoms. The monoisotopic (exact) mass is 249 g/mol. The third-order valence-electron chi connectivity index (χ3n) is 3.25. The molecule has 1 aromatic rings. The predicted molar refractivity (Wildman–Crippen MR) is 73.8 cm³/mol. The number of aliphatic carboxylic acids is 1. The van der Waals surface area contributed by atoms with E-state index < -0.39 is 5.97 Å². The second-order valence-corrected chi connectivity index (χ2v) is 4.76. The molecule has 0 aliphatic carbocycles. The second-order valence-electron chi connectivity index (χ2n) is 4.76. The Morgan fingerprint density at radius 2 is 1.67 bits per heavy atom. The van der Waals surface area contributed by atoms with Crippen LogP contribution in [0.25, 0.3) is 0 Å². The van der Waals surface area contributed by atoms with Crippen molar-refractivity contribution in [2.24, 2.45) is 0 Å². The zero-order valence-electron chi connectivity index (χ0n) is 11.7. The van der Waals surface area contributed by atoms with Crippen LogP contribution in [0, 0.1) is 13.8 Å². The average molecular weight is 249 g/mol. The SMILES string of the molecule is CCN(CC)C(CC(=O)O)c1cc(C)cc(C)c1. The molecule has 0 bridgehead atoms. The van der Waals surface area contributed by atoms with Crippen LogP contribution in [-0.2, 0) is 4.79 Å². The highest BCUT2D eigenvalue weighted by Gasteiger charge is 2.21. The number of rotatable bonds is 6. The Labute approximate surface area is 109 Å². The Kier molecular flexibility index (Phi) is 5.35. The van der Waals surface area contributed by atoms with E-state index in [4.69, 9.17) is 5.11 Å². The molecule has 0 aromatic heterocycles. The third-order valence-corrected chi connectivity index (χ3v) is 3.25. The molecule has 1 aromatic carbocycles. The van der Waals surface area contributed by atoms with Crippen molar-refractivity contribution in [2.75, 3.05) is 13.1 Å². The molecule has 3 heteroatoms. The number of benzene rings is 1. The van der Waals surface area contributed by atoms with Gasteiger partial charge in [-0.05, 0) is 32.5 Å². The first-order valence-corrected chi connectivity index (χ1v) is 6.52. The van der Waals surface area contributed by atoms with Crippen LogP contribution in [0.1, 0.15) is 43.0 Å². The third kappa shape index (κ3) is 3.84. The molecule has 18 heavy (non-hydrogen) atoms. The lowest BCUT2D eigenvalue weighted by atomic mass is 9.97. The Hall–Kier alpha value is -1.35. The van der Waals surface area contributed by atoms with Crippen LogP contribution in [-0.4, -0.2) is 29.1 Å². The molecule has 0 heterocycles. The summed E-state index contributed by atoms with van der Waals surface area (Å²) >= 11 is 0. The summed E-state index contributed by atoms with van der Waals surface area (Å²) < 4.78 is 0. The highest BCUT2D eigenvalue weighted by atomic mass is 16.4. The Morgan fingerprint density at radius 1 is 1.17 bits per heavy atom. The van der Waals surface area contributed by atoms with Crippen molar-refractivity contribution in [1.29, 1.82) is 0 Å². The van der Waals surface area contributed by atoms with Gasteiger partial charge in [0.2, 0.25) is 0 Å². The van der Waals surface area contributed by atoms with Crippen molar-refractivity contribution in [1.82, 2.24) is 4.90 Å². The van der Waals surface area contributed by atoms with E-state index >= 15 is 0 Å². The van der Waals surface area contributed by atoms with Crippen molar-refractivity contribution < 1.29 is 9.90 Å². The Bertz CT molecular complexity index is 391. The molecule has 0 saturated heterocycles. The number of carboxylic acid groups (broad SMARTS) is 1. The largest absolute Gasteiger partial charge is 0.481 e. The van der Waals surface area contributed by atoms with E-state index in [0.29, 0.717) is 0 Å². The molecule has 1 rings (SSSR count). The van der Waals surface area contributed by atoms with Gasteiger partial charge in [-0.2, -0.15) is 0 Å². The predicted octanol–water partition coefficient (Wildman–Crippen LogP) is 3.16. The quantitative estimate of drug-likeness (QED) is 0.842. The number of carbonyl (C=O) groups is 1. The van der Waals surface area contributed by atoms with Gasteiger partial charge < -0.3 is 5.11 Å². The molecule has 0 fully saturated rings. The van der Waals surface area contributed by atoms with Gasteiger partial charge in [-0.25, -0.2) is 0 Å². The van der Waals surface area contributed by atoms with E-state index in [1.165, 1.54) is 11.1 Å². The maximum atomic E-state index is 11.1. The smallest absolute Gasteiger partial charge is 0.305 e. The lowest BCUT2D eigenvalue weighted by Crippen LogP contribution is -2.30. The zero-order chi connectivity index (χ0) is 13.7. The van der Waals surface area contributed by atoms with Gasteiger partial charge in [-0.15, -0.1) is 0 Å². The summed E-state index contributed by atoms with van der Waals surface area (Å²) in [5.41, 5.74) is 3.48. The first-order valence-electron chi connectivity index (χ1n) is 6.52. The van der Waals surface area contributed by atoms with E-state index in [-0.39, 0.29) is 12.5 Å². The fourth-order valence-electron chi connectivity index (χ4n) is 2.49. The van der Waals surface area contributed by atoms with Gasteiger partial charge in [0.25, 0.3) is 0 Å². The first kappa shape index (κ1) is 14.7. The summed E-state index contributed by atoms with van der Waals surface area (Å²) in [4.78, 5) is 13.3. The summed E-state index contributed by atoms with van der Waals surface area (Å²) in [7, 11) is 0. The summed E-state index contributed by atoms with van der Waals surface area (Å²) in [6, 6.07) is 6.28. The van der Waals surface area contributed by atoms with Crippen LogP contribution < -0.4 is 0 Å². The van der Waals surface area contributed by atoms with Crippen molar-refractivity contribution in [2.45, 2.75) is 40.2 Å². The molecule has 0 amide bonds. The first-order chi connectivity index (χ1) is 8.47. The molecule has 1 atom stereocenters. The highest BCUT2D eigenvalue weighted by Crippen LogP contribution is 2.26. The van der Waals surface area contributed by atoms with E-state index in [1.807, 2.05) is 0 Å². The van der Waals surface area contributed by atoms with Crippen LogP contribution >= 0.6 is 0 Å². The standard InChI is InChI=1S/C15H23NO2/c1-5-16(6-2)14(10-15(17)18)13-8-11(3)7-12(4)9-13/h7-9,14H,5-6,10H2,1-4H3,(H,17,18). The summed E-state index contributed by atoms with van der Waals surface area (Å²) in [6.07, 6.45) is 0.157. The van der Waals surface area contributed by atoms with Crippen LogP contribution in [0.3, 0.4) is 0 Å². The zero-order valence-corrected chi connectivity index (χ0v) is 11.7. The van der Waals surface area contributed by atoms with Crippen LogP contribution in [0.4, 0.5) is 0 Å². The van der Waals surface area contributed by atoms with Gasteiger partial charge in [0, 0.05) is 6.04 Å². The number of carboxylic acids is 1. The molecule has 3 nitrogen and oxygen atoms in total. The lowest BCUT2D eigenvalue weighted by Gasteiger charge is -2.29. The fraction of sp³-hybridized carbons (Fsp3) is 0.533. The Balaban J connectivity index is 3.11. The highest BCUT2D eigenvalue weighted by molar-refractivity contribution is 5.68. The molecule has 0 saturated carbocycles. The van der Waals surface area contributed by atoms with Gasteiger partial charge in [0.05, 0.1) is 6.42 Å². The molecule has 100 valence electrons. The number of nitrogens with zero attached hydrogens (tertiary/aromatic N) is 1. The molecule has 1 N–H and O–H groups in total. The molecular weight excluding hydrogens is 226 g/mol. The molecule has 0 aliphatic rings. The van der Waals surface area contributed by atoms with Gasteiger partial charge in [-0.1, -0.05) is 43.2 Å². The topological polar surface area (TPSA) is 40.5 Å². The van der Waals surface area contributed by atoms with Crippen molar-refractivity contribution >= 4 is 5.97 Å². The average Bonchev–Trinajstić information content (AvgIpc) is 2.27. The minimum Gasteiger partial charge on any atom is -0.481 e. The lowest BCUT2D eigenvalue weighted by molar-refractivity contribution is -0.138. The van der Waals surface area contributed by atoms with Crippen molar-refractivity contribution in [3.63, 3.8) is 0 Å². The number of hydrogen-bond acceptors (Lipinski definition) is 2. The van der Waals surface area contributed by atoms with Gasteiger partial charge in [0.1, 0.15) is 0 Å². The van der Waals surface area contributed by atoms with E-state index in [1.54, 1.807) is 0 Å². The van der Waals surface area contributed by atoms with E-state index in [0.717, 1.165) is 18.7 Å². The van der Waals surface area contributed by atoms with Crippen LogP contribution in [0.2, 0.25) is 0 Å². The molecule has 0 radical (unpaired) electrons. The molecule has 0 aliphatic heterocycles. The van der Waals surface area contributed by atoms with Gasteiger partial charge >= 0.3 is 5.97 Å². The number of hydrogen-bond donors (Lipinski definition) is 1. The minimum absolute atomic E-state index is 0.0314. The minimum atomic E-state index is -0.744. The van der Waals surface area contributed by atoms with E-state index in [2.05, 4.69) is 50.8 Å². The second kappa shape index (κ2) is 6.55. The summed E-state index contributed by atoms with van der Waals surface area (Å²) in [5.74, 6) is -0.744. The summed E-state index contributed by atoms with van der Waals surface area (Å²) in [5, 5.41) is 9.10. The van der Waals surface area contributed by atoms with Gasteiger partial charge in [0.15, 0.2) is 0 Å². The van der Waals surface area contributed by atoms with Crippen LogP contribution in [0.15, 0.2) is 18.2 Å². The summed E-state index contributed by atoms with van der Waals surface area (Å²) in [6.45, 7) is 9.97. The van der Waals surface area contributed by atoms with Crippen molar-refractivity contribution in [3.8, 4) is 0 Å². The maximum absolute atomic E-state index is 11.1. The number of aryl methyl sites for hydroxylation is 2. The van der Waals surface area contributed by atoms with Gasteiger partial charge in [-0.3, -0.25) is 9.69 Å². The molecule has 1 unspecified atom stereocenters. The van der Waals surface area contributed by atoms with Crippen LogP contribution in [0.5, 0.6) is 0 Å². The molecular formula is C15H23NO2. The maximum Gasteiger partial charge on any atom is 0.305 e. The van der Waals surface area contributed by atoms with Crippen molar-refractivity contribution in [3.05, 3.63) is 34.9 Å². The van der Waals surface area contributed by atoms with E-state index in [9.17, 15) is 4.79 Å². The Morgan fingerprint density at radius 3 is 2.06 bits per heavy atom. The fourth-order valence-corrected chi connectivity index (χ4v) is 2.49.